The van der Waals surface area contributed by atoms with Crippen LogP contribution in [0.3, 0.4) is 0 Å². The summed E-state index contributed by atoms with van der Waals surface area (Å²) in [5.41, 5.74) is -0.111. The molecule has 1 saturated heterocycles. The Morgan fingerprint density at radius 2 is 1.69 bits per heavy atom. The number of hydrogen-bond acceptors (Lipinski definition) is 7. The van der Waals surface area contributed by atoms with Gasteiger partial charge < -0.3 is 19.9 Å². The molecule has 1 aromatic rings. The van der Waals surface area contributed by atoms with Gasteiger partial charge in [0.15, 0.2) is 0 Å². The van der Waals surface area contributed by atoms with Crippen LogP contribution in [0.15, 0.2) is 30.3 Å². The number of nitrogens with one attached hydrogen (secondary N) is 1. The van der Waals surface area contributed by atoms with Gasteiger partial charge in [-0.05, 0) is 72.1 Å². The molecule has 3 atom stereocenters. The van der Waals surface area contributed by atoms with E-state index in [-0.39, 0.29) is 23.8 Å². The van der Waals surface area contributed by atoms with Gasteiger partial charge in [-0.1, -0.05) is 30.3 Å². The van der Waals surface area contributed by atoms with E-state index in [1.165, 1.54) is 11.8 Å². The van der Waals surface area contributed by atoms with Crippen LogP contribution in [0.1, 0.15) is 66.4 Å². The van der Waals surface area contributed by atoms with Crippen molar-refractivity contribution in [3.05, 3.63) is 35.9 Å². The number of carboxylic acid groups (broad SMARTS) is 1. The first kappa shape index (κ1) is 29.0. The van der Waals surface area contributed by atoms with Gasteiger partial charge in [0.1, 0.15) is 23.3 Å². The van der Waals surface area contributed by atoms with Crippen LogP contribution in [-0.2, 0) is 25.6 Å². The lowest BCUT2D eigenvalue weighted by molar-refractivity contribution is -0.161. The van der Waals surface area contributed by atoms with E-state index in [0.29, 0.717) is 12.3 Å². The summed E-state index contributed by atoms with van der Waals surface area (Å²) in [5.74, 6) is -0.359. The van der Waals surface area contributed by atoms with Crippen molar-refractivity contribution in [2.75, 3.05) is 11.5 Å². The van der Waals surface area contributed by atoms with Crippen molar-refractivity contribution >= 4 is 29.8 Å². The third-order valence-corrected chi connectivity index (χ3v) is 6.49. The van der Waals surface area contributed by atoms with E-state index in [4.69, 9.17) is 9.47 Å². The fraction of sp³-hybridized carbons (Fsp3) is 0.654. The number of carboxylic acids is 1. The van der Waals surface area contributed by atoms with Crippen LogP contribution < -0.4 is 5.32 Å². The highest BCUT2D eigenvalue weighted by atomic mass is 32.2. The van der Waals surface area contributed by atoms with Gasteiger partial charge in [0.25, 0.3) is 0 Å². The number of alkyl carbamates (subject to hydrolysis) is 1. The summed E-state index contributed by atoms with van der Waals surface area (Å²) in [5, 5.41) is 11.9. The molecule has 1 aliphatic rings. The second-order valence-electron chi connectivity index (χ2n) is 10.8. The van der Waals surface area contributed by atoms with Gasteiger partial charge in [-0.2, -0.15) is 11.8 Å². The topological polar surface area (TPSA) is 105 Å². The highest BCUT2D eigenvalue weighted by Crippen LogP contribution is 2.31. The van der Waals surface area contributed by atoms with Crippen LogP contribution in [0.5, 0.6) is 0 Å². The maximum Gasteiger partial charge on any atom is 0.408 e. The Hall–Kier alpha value is -2.26. The molecule has 8 nitrogen and oxygen atoms in total. The normalized spacial score (nSPS) is 19.7. The number of nitrogens with zero attached hydrogens (tertiary/aromatic N) is 1. The lowest BCUT2D eigenvalue weighted by Gasteiger charge is -2.31. The first-order chi connectivity index (χ1) is 16.2. The predicted octanol–water partition coefficient (Wildman–Crippen LogP) is 4.46. The minimum atomic E-state index is -1.10. The molecule has 1 unspecified atom stereocenters. The first-order valence-corrected chi connectivity index (χ1v) is 13.2. The number of aliphatic carboxylic acids is 1. The first-order valence-electron chi connectivity index (χ1n) is 12.1. The minimum Gasteiger partial charge on any atom is -0.480 e. The van der Waals surface area contributed by atoms with E-state index in [2.05, 4.69) is 22.3 Å². The fourth-order valence-electron chi connectivity index (χ4n) is 3.95. The van der Waals surface area contributed by atoms with E-state index >= 15 is 0 Å². The standard InChI is InChI=1S/C26H40N2O6S/c1-25(2,3)33-23(31)21-13-12-19(28(21)16-18-10-8-7-9-11-18)14-15-35-17-20(22(29)30)27-24(32)34-26(4,5)6/h7-11,19-21H,12-17H2,1-6H3,(H,27,32)(H,29,30)/t19-,20?,21+/m1/s1. The molecule has 0 saturated carbocycles. The van der Waals surface area contributed by atoms with Gasteiger partial charge in [-0.15, -0.1) is 0 Å². The molecule has 0 aliphatic carbocycles. The number of ether oxygens (including phenoxy) is 2. The number of amides is 1. The van der Waals surface area contributed by atoms with Gasteiger partial charge in [0.2, 0.25) is 0 Å². The van der Waals surface area contributed by atoms with Crippen LogP contribution in [0, 0.1) is 0 Å². The van der Waals surface area contributed by atoms with Gasteiger partial charge in [-0.25, -0.2) is 9.59 Å². The van der Waals surface area contributed by atoms with Gasteiger partial charge in [-0.3, -0.25) is 9.69 Å². The highest BCUT2D eigenvalue weighted by Gasteiger charge is 2.39. The van der Waals surface area contributed by atoms with Crippen LogP contribution >= 0.6 is 11.8 Å². The van der Waals surface area contributed by atoms with E-state index in [1.807, 2.05) is 39.0 Å². The molecule has 1 aliphatic heterocycles. The number of esters is 1. The Kier molecular flexibility index (Phi) is 10.5. The van der Waals surface area contributed by atoms with Gasteiger partial charge in [0, 0.05) is 18.3 Å². The average Bonchev–Trinajstić information content (AvgIpc) is 3.10. The number of likely N-dealkylation sites (tertiary alicyclic amines) is 1. The maximum absolute atomic E-state index is 12.9. The molecule has 35 heavy (non-hydrogen) atoms. The van der Waals surface area contributed by atoms with Crippen molar-refractivity contribution < 1.29 is 29.0 Å². The molecular weight excluding hydrogens is 468 g/mol. The van der Waals surface area contributed by atoms with E-state index in [0.717, 1.165) is 24.8 Å². The molecular formula is C26H40N2O6S. The lowest BCUT2D eigenvalue weighted by atomic mass is 10.1. The zero-order valence-corrected chi connectivity index (χ0v) is 22.5. The third kappa shape index (κ3) is 10.5. The molecule has 1 aromatic carbocycles. The molecule has 1 heterocycles. The van der Waals surface area contributed by atoms with Crippen molar-refractivity contribution in [3.63, 3.8) is 0 Å². The van der Waals surface area contributed by atoms with Gasteiger partial charge in [0.05, 0.1) is 0 Å². The Balaban J connectivity index is 1.96. The van der Waals surface area contributed by atoms with Crippen molar-refractivity contribution in [1.82, 2.24) is 10.2 Å². The minimum absolute atomic E-state index is 0.183. The van der Waals surface area contributed by atoms with Crippen LogP contribution in [0.2, 0.25) is 0 Å². The number of rotatable bonds is 10. The largest absolute Gasteiger partial charge is 0.480 e. The summed E-state index contributed by atoms with van der Waals surface area (Å²) in [6, 6.07) is 8.90. The lowest BCUT2D eigenvalue weighted by Crippen LogP contribution is -2.45. The van der Waals surface area contributed by atoms with Gasteiger partial charge >= 0.3 is 18.0 Å². The Labute approximate surface area is 213 Å². The summed E-state index contributed by atoms with van der Waals surface area (Å²) in [4.78, 5) is 38.7. The SMILES string of the molecule is CC(C)(C)OC(=O)NC(CSCC[C@H]1CC[C@@H](C(=O)OC(C)(C)C)N1Cc1ccccc1)C(=O)O. The summed E-state index contributed by atoms with van der Waals surface area (Å²) in [6.45, 7) is 11.5. The molecule has 0 aromatic heterocycles. The molecule has 0 bridgehead atoms. The Morgan fingerprint density at radius 3 is 2.26 bits per heavy atom. The molecule has 196 valence electrons. The highest BCUT2D eigenvalue weighted by molar-refractivity contribution is 7.99. The molecule has 0 spiro atoms. The molecule has 1 fully saturated rings. The quantitative estimate of drug-likeness (QED) is 0.353. The molecule has 2 rings (SSSR count). The maximum atomic E-state index is 12.9. The summed E-state index contributed by atoms with van der Waals surface area (Å²) >= 11 is 1.47. The number of benzene rings is 1. The Morgan fingerprint density at radius 1 is 1.06 bits per heavy atom. The van der Waals surface area contributed by atoms with Crippen molar-refractivity contribution in [3.8, 4) is 0 Å². The second kappa shape index (κ2) is 12.6. The molecule has 9 heteroatoms. The van der Waals surface area contributed by atoms with Crippen molar-refractivity contribution in [2.45, 2.75) is 96.7 Å². The van der Waals surface area contributed by atoms with Crippen molar-refractivity contribution in [2.24, 2.45) is 0 Å². The van der Waals surface area contributed by atoms with Crippen LogP contribution in [0.4, 0.5) is 4.79 Å². The monoisotopic (exact) mass is 508 g/mol. The van der Waals surface area contributed by atoms with Crippen LogP contribution in [-0.4, -0.2) is 68.9 Å². The van der Waals surface area contributed by atoms with E-state index in [1.54, 1.807) is 20.8 Å². The number of carbonyl (C=O) groups is 3. The Bertz CT molecular complexity index is 850. The molecule has 2 N–H and O–H groups in total. The molecule has 1 amide bonds. The average molecular weight is 509 g/mol. The molecule has 0 radical (unpaired) electrons. The van der Waals surface area contributed by atoms with Crippen LogP contribution in [0.25, 0.3) is 0 Å². The third-order valence-electron chi connectivity index (χ3n) is 5.40. The number of hydrogen-bond donors (Lipinski definition) is 2. The number of thioether (sulfide) groups is 1. The van der Waals surface area contributed by atoms with E-state index < -0.39 is 29.3 Å². The zero-order valence-electron chi connectivity index (χ0n) is 21.7. The summed E-state index contributed by atoms with van der Waals surface area (Å²) in [7, 11) is 0. The summed E-state index contributed by atoms with van der Waals surface area (Å²) < 4.78 is 10.9. The summed E-state index contributed by atoms with van der Waals surface area (Å²) in [6.07, 6.45) is 1.66. The fourth-order valence-corrected chi connectivity index (χ4v) is 5.02. The zero-order chi connectivity index (χ0) is 26.2. The van der Waals surface area contributed by atoms with Crippen molar-refractivity contribution in [1.29, 1.82) is 0 Å². The predicted molar refractivity (Wildman–Crippen MR) is 137 cm³/mol. The second-order valence-corrected chi connectivity index (χ2v) is 12.0. The van der Waals surface area contributed by atoms with E-state index in [9.17, 15) is 19.5 Å². The smallest absolute Gasteiger partial charge is 0.408 e. The number of carbonyl (C=O) groups excluding carboxylic acids is 2.